The predicted molar refractivity (Wildman–Crippen MR) is 80.7 cm³/mol. The van der Waals surface area contributed by atoms with Gasteiger partial charge in [-0.25, -0.2) is 0 Å². The summed E-state index contributed by atoms with van der Waals surface area (Å²) in [5.74, 6) is 1.60. The second-order valence-electron chi connectivity index (χ2n) is 7.25. The minimum atomic E-state index is 0.172. The first-order valence-electron chi connectivity index (χ1n) is 7.26. The molecule has 1 aliphatic rings. The van der Waals surface area contributed by atoms with Crippen molar-refractivity contribution in [2.75, 3.05) is 0 Å². The van der Waals surface area contributed by atoms with E-state index < -0.39 is 0 Å². The van der Waals surface area contributed by atoms with Crippen LogP contribution in [-0.2, 0) is 12.5 Å². The number of rotatable bonds is 1. The van der Waals surface area contributed by atoms with E-state index in [0.717, 1.165) is 11.8 Å². The Morgan fingerprint density at radius 2 is 1.95 bits per heavy atom. The second kappa shape index (κ2) is 3.84. The fourth-order valence-corrected chi connectivity index (χ4v) is 3.45. The molecule has 1 fully saturated rings. The molecular weight excluding hydrogens is 232 g/mol. The molecule has 1 saturated carbocycles. The fourth-order valence-electron chi connectivity index (χ4n) is 3.45. The van der Waals surface area contributed by atoms with Crippen molar-refractivity contribution in [3.05, 3.63) is 29.0 Å². The third kappa shape index (κ3) is 1.89. The van der Waals surface area contributed by atoms with Gasteiger partial charge in [0.2, 0.25) is 0 Å². The summed E-state index contributed by atoms with van der Waals surface area (Å²) >= 11 is 0. The molecule has 0 bridgehead atoms. The molecule has 0 aliphatic heterocycles. The van der Waals surface area contributed by atoms with Gasteiger partial charge in [0.1, 0.15) is 0 Å². The predicted octanol–water partition coefficient (Wildman–Crippen LogP) is 4.30. The Labute approximate surface area is 115 Å². The molecule has 2 aromatic rings. The standard InChI is InChI=1S/C17H24N2/c1-10-7-12(10)15-11(2)8-14-13(9-18-19(14)6)16(15)17(3,4)5/h8-10,12H,7H2,1-6H3. The Kier molecular flexibility index (Phi) is 2.57. The van der Waals surface area contributed by atoms with Crippen LogP contribution in [0.25, 0.3) is 10.9 Å². The number of fused-ring (bicyclic) bond motifs is 1. The molecule has 3 rings (SSSR count). The van der Waals surface area contributed by atoms with Crippen molar-refractivity contribution in [1.82, 2.24) is 9.78 Å². The Balaban J connectivity index is 2.37. The summed E-state index contributed by atoms with van der Waals surface area (Å²) in [5.41, 5.74) is 5.99. The smallest absolute Gasteiger partial charge is 0.0684 e. The minimum Gasteiger partial charge on any atom is -0.268 e. The van der Waals surface area contributed by atoms with E-state index in [4.69, 9.17) is 0 Å². The van der Waals surface area contributed by atoms with Gasteiger partial charge in [0, 0.05) is 12.4 Å². The van der Waals surface area contributed by atoms with Crippen molar-refractivity contribution in [3.63, 3.8) is 0 Å². The molecule has 0 spiro atoms. The maximum atomic E-state index is 4.47. The van der Waals surface area contributed by atoms with Crippen LogP contribution >= 0.6 is 0 Å². The summed E-state index contributed by atoms with van der Waals surface area (Å²) in [7, 11) is 2.04. The lowest BCUT2D eigenvalue weighted by Crippen LogP contribution is -2.16. The number of aromatic nitrogens is 2. The molecule has 1 heterocycles. The summed E-state index contributed by atoms with van der Waals surface area (Å²) in [4.78, 5) is 0. The Morgan fingerprint density at radius 1 is 1.32 bits per heavy atom. The molecule has 1 aromatic carbocycles. The van der Waals surface area contributed by atoms with Gasteiger partial charge < -0.3 is 0 Å². The van der Waals surface area contributed by atoms with Crippen molar-refractivity contribution in [1.29, 1.82) is 0 Å². The zero-order valence-electron chi connectivity index (χ0n) is 12.9. The van der Waals surface area contributed by atoms with E-state index in [2.05, 4.69) is 45.8 Å². The lowest BCUT2D eigenvalue weighted by molar-refractivity contribution is 0.586. The number of benzene rings is 1. The molecule has 2 heteroatoms. The first-order valence-corrected chi connectivity index (χ1v) is 7.26. The van der Waals surface area contributed by atoms with Gasteiger partial charge in [-0.05, 0) is 53.4 Å². The quantitative estimate of drug-likeness (QED) is 0.743. The minimum absolute atomic E-state index is 0.172. The van der Waals surface area contributed by atoms with Crippen molar-refractivity contribution in [2.45, 2.75) is 52.4 Å². The van der Waals surface area contributed by atoms with Crippen LogP contribution in [0.4, 0.5) is 0 Å². The number of hydrogen-bond acceptors (Lipinski definition) is 1. The molecule has 0 N–H and O–H groups in total. The van der Waals surface area contributed by atoms with Crippen LogP contribution in [0.3, 0.4) is 0 Å². The number of nitrogens with zero attached hydrogens (tertiary/aromatic N) is 2. The molecule has 0 amide bonds. The van der Waals surface area contributed by atoms with Gasteiger partial charge in [-0.2, -0.15) is 5.10 Å². The molecule has 19 heavy (non-hydrogen) atoms. The van der Waals surface area contributed by atoms with Crippen LogP contribution in [0.1, 0.15) is 56.7 Å². The highest BCUT2D eigenvalue weighted by Crippen LogP contribution is 2.52. The van der Waals surface area contributed by atoms with Crippen LogP contribution in [0.15, 0.2) is 12.3 Å². The summed E-state index contributed by atoms with van der Waals surface area (Å²) in [6.45, 7) is 11.6. The molecule has 2 nitrogen and oxygen atoms in total. The van der Waals surface area contributed by atoms with E-state index in [1.807, 2.05) is 17.9 Å². The second-order valence-corrected chi connectivity index (χ2v) is 7.25. The summed E-state index contributed by atoms with van der Waals surface area (Å²) in [5, 5.41) is 5.81. The van der Waals surface area contributed by atoms with Gasteiger partial charge in [0.25, 0.3) is 0 Å². The van der Waals surface area contributed by atoms with E-state index in [9.17, 15) is 0 Å². The molecule has 2 atom stereocenters. The molecule has 1 aliphatic carbocycles. The zero-order valence-corrected chi connectivity index (χ0v) is 12.9. The first-order chi connectivity index (χ1) is 8.80. The Morgan fingerprint density at radius 3 is 2.47 bits per heavy atom. The molecule has 0 radical (unpaired) electrons. The van der Waals surface area contributed by atoms with E-state index >= 15 is 0 Å². The molecule has 2 unspecified atom stereocenters. The lowest BCUT2D eigenvalue weighted by Gasteiger charge is -2.26. The normalized spacial score (nSPS) is 23.1. The maximum Gasteiger partial charge on any atom is 0.0684 e. The lowest BCUT2D eigenvalue weighted by atomic mass is 9.78. The topological polar surface area (TPSA) is 17.8 Å². The number of aryl methyl sites for hydroxylation is 2. The first kappa shape index (κ1) is 12.7. The monoisotopic (exact) mass is 256 g/mol. The SMILES string of the molecule is Cc1cc2c(cnn2C)c(C(C)(C)C)c1C1CC1C. The molecular formula is C17H24N2. The number of hydrogen-bond donors (Lipinski definition) is 0. The van der Waals surface area contributed by atoms with Gasteiger partial charge in [-0.3, -0.25) is 4.68 Å². The van der Waals surface area contributed by atoms with E-state index in [1.165, 1.54) is 28.5 Å². The maximum absolute atomic E-state index is 4.47. The van der Waals surface area contributed by atoms with Gasteiger partial charge in [0.05, 0.1) is 11.7 Å². The molecule has 1 aromatic heterocycles. The fraction of sp³-hybridized carbons (Fsp3) is 0.588. The van der Waals surface area contributed by atoms with E-state index in [0.29, 0.717) is 0 Å². The van der Waals surface area contributed by atoms with E-state index in [1.54, 1.807) is 5.56 Å². The molecule has 0 saturated heterocycles. The average Bonchev–Trinajstić information content (AvgIpc) is 2.90. The van der Waals surface area contributed by atoms with Gasteiger partial charge >= 0.3 is 0 Å². The third-order valence-corrected chi connectivity index (χ3v) is 4.53. The third-order valence-electron chi connectivity index (χ3n) is 4.53. The highest BCUT2D eigenvalue weighted by Gasteiger charge is 2.39. The van der Waals surface area contributed by atoms with Crippen LogP contribution in [0.2, 0.25) is 0 Å². The summed E-state index contributed by atoms with van der Waals surface area (Å²) in [6, 6.07) is 2.32. The highest BCUT2D eigenvalue weighted by atomic mass is 15.2. The van der Waals surface area contributed by atoms with E-state index in [-0.39, 0.29) is 5.41 Å². The van der Waals surface area contributed by atoms with Crippen molar-refractivity contribution in [3.8, 4) is 0 Å². The summed E-state index contributed by atoms with van der Waals surface area (Å²) in [6.07, 6.45) is 3.39. The Bertz CT molecular complexity index is 643. The van der Waals surface area contributed by atoms with Gasteiger partial charge in [0.15, 0.2) is 0 Å². The largest absolute Gasteiger partial charge is 0.268 e. The van der Waals surface area contributed by atoms with Crippen LogP contribution < -0.4 is 0 Å². The average molecular weight is 256 g/mol. The van der Waals surface area contributed by atoms with Gasteiger partial charge in [-0.1, -0.05) is 27.7 Å². The van der Waals surface area contributed by atoms with Gasteiger partial charge in [-0.15, -0.1) is 0 Å². The highest BCUT2D eigenvalue weighted by molar-refractivity contribution is 5.86. The zero-order chi connectivity index (χ0) is 13.9. The van der Waals surface area contributed by atoms with Crippen LogP contribution in [0.5, 0.6) is 0 Å². The van der Waals surface area contributed by atoms with Crippen molar-refractivity contribution < 1.29 is 0 Å². The molecule has 102 valence electrons. The van der Waals surface area contributed by atoms with Crippen LogP contribution in [0, 0.1) is 12.8 Å². The van der Waals surface area contributed by atoms with Crippen molar-refractivity contribution in [2.24, 2.45) is 13.0 Å². The summed E-state index contributed by atoms with van der Waals surface area (Å²) < 4.78 is 2.00. The van der Waals surface area contributed by atoms with Crippen molar-refractivity contribution >= 4 is 10.9 Å². The Hall–Kier alpha value is -1.31. The van der Waals surface area contributed by atoms with Crippen LogP contribution in [-0.4, -0.2) is 9.78 Å².